The normalized spacial score (nSPS) is 19.7. The van der Waals surface area contributed by atoms with E-state index < -0.39 is 0 Å². The van der Waals surface area contributed by atoms with Crippen molar-refractivity contribution in [2.75, 3.05) is 6.54 Å². The highest BCUT2D eigenvalue weighted by Gasteiger charge is 2.35. The van der Waals surface area contributed by atoms with Gasteiger partial charge in [0, 0.05) is 21.5 Å². The Morgan fingerprint density at radius 2 is 1.94 bits per heavy atom. The highest BCUT2D eigenvalue weighted by Crippen LogP contribution is 2.44. The van der Waals surface area contributed by atoms with Crippen LogP contribution in [0.25, 0.3) is 0 Å². The number of hydrogen-bond donors (Lipinski definition) is 1. The van der Waals surface area contributed by atoms with Crippen LogP contribution in [0.1, 0.15) is 37.7 Å². The van der Waals surface area contributed by atoms with Gasteiger partial charge in [0.05, 0.1) is 0 Å². The summed E-state index contributed by atoms with van der Waals surface area (Å²) in [7, 11) is 0. The molecule has 1 nitrogen and oxygen atoms in total. The molecule has 1 aliphatic rings. The molecule has 1 aliphatic carbocycles. The van der Waals surface area contributed by atoms with E-state index in [0.717, 1.165) is 22.3 Å². The maximum absolute atomic E-state index is 6.35. The lowest BCUT2D eigenvalue weighted by atomic mass is 9.69. The number of hydrogen-bond acceptors (Lipinski definition) is 1. The average Bonchev–Trinajstić information content (AvgIpc) is 2.30. The van der Waals surface area contributed by atoms with Crippen molar-refractivity contribution in [2.24, 2.45) is 5.73 Å². The fourth-order valence-corrected chi connectivity index (χ4v) is 4.07. The average molecular weight is 303 g/mol. The molecule has 16 heavy (non-hydrogen) atoms. The summed E-state index contributed by atoms with van der Waals surface area (Å²) in [6, 6.07) is 6.00. The SMILES string of the molecule is NCC1(c2c(Cl)cccc2Br)CCCCC1. The standard InChI is InChI=1S/C13H17BrClN/c14-10-5-4-6-11(15)12(10)13(9-16)7-2-1-3-8-13/h4-6H,1-3,7-9,16H2. The van der Waals surface area contributed by atoms with E-state index >= 15 is 0 Å². The van der Waals surface area contributed by atoms with Crippen molar-refractivity contribution >= 4 is 27.5 Å². The Labute approximate surface area is 110 Å². The largest absolute Gasteiger partial charge is 0.330 e. The summed E-state index contributed by atoms with van der Waals surface area (Å²) < 4.78 is 1.10. The second-order valence-electron chi connectivity index (χ2n) is 4.64. The first-order valence-electron chi connectivity index (χ1n) is 5.84. The monoisotopic (exact) mass is 301 g/mol. The summed E-state index contributed by atoms with van der Waals surface area (Å²) in [6.45, 7) is 0.690. The van der Waals surface area contributed by atoms with Gasteiger partial charge in [0.2, 0.25) is 0 Å². The molecule has 0 amide bonds. The predicted octanol–water partition coefficient (Wildman–Crippen LogP) is 4.26. The van der Waals surface area contributed by atoms with Crippen molar-refractivity contribution in [3.63, 3.8) is 0 Å². The molecule has 0 aliphatic heterocycles. The lowest BCUT2D eigenvalue weighted by Crippen LogP contribution is -2.37. The van der Waals surface area contributed by atoms with E-state index in [2.05, 4.69) is 22.0 Å². The molecular formula is C13H17BrClN. The third-order valence-electron chi connectivity index (χ3n) is 3.69. The van der Waals surface area contributed by atoms with Gasteiger partial charge in [-0.2, -0.15) is 0 Å². The van der Waals surface area contributed by atoms with Crippen LogP contribution in [0.15, 0.2) is 22.7 Å². The molecule has 0 spiro atoms. The number of halogens is 2. The minimum atomic E-state index is 0.0927. The van der Waals surface area contributed by atoms with E-state index in [-0.39, 0.29) is 5.41 Å². The smallest absolute Gasteiger partial charge is 0.0455 e. The summed E-state index contributed by atoms with van der Waals surface area (Å²) >= 11 is 9.96. The zero-order chi connectivity index (χ0) is 11.6. The fraction of sp³-hybridized carbons (Fsp3) is 0.538. The number of rotatable bonds is 2. The Balaban J connectivity index is 2.46. The van der Waals surface area contributed by atoms with E-state index in [1.54, 1.807) is 0 Å². The van der Waals surface area contributed by atoms with Crippen molar-refractivity contribution < 1.29 is 0 Å². The second-order valence-corrected chi connectivity index (χ2v) is 5.90. The molecule has 0 unspecified atom stereocenters. The Kier molecular flexibility index (Phi) is 3.93. The highest BCUT2D eigenvalue weighted by atomic mass is 79.9. The van der Waals surface area contributed by atoms with Crippen molar-refractivity contribution in [3.8, 4) is 0 Å². The van der Waals surface area contributed by atoms with Crippen LogP contribution in [-0.4, -0.2) is 6.54 Å². The molecular weight excluding hydrogens is 286 g/mol. The Bertz CT molecular complexity index is 352. The molecule has 0 heterocycles. The van der Waals surface area contributed by atoms with Gasteiger partial charge < -0.3 is 5.73 Å². The van der Waals surface area contributed by atoms with Crippen LogP contribution in [0.5, 0.6) is 0 Å². The van der Waals surface area contributed by atoms with E-state index in [9.17, 15) is 0 Å². The molecule has 1 saturated carbocycles. The maximum Gasteiger partial charge on any atom is 0.0455 e. The minimum absolute atomic E-state index is 0.0927. The highest BCUT2D eigenvalue weighted by molar-refractivity contribution is 9.10. The summed E-state index contributed by atoms with van der Waals surface area (Å²) in [5.41, 5.74) is 7.34. The summed E-state index contributed by atoms with van der Waals surface area (Å²) in [4.78, 5) is 0. The van der Waals surface area contributed by atoms with Gasteiger partial charge in [0.1, 0.15) is 0 Å². The molecule has 0 radical (unpaired) electrons. The van der Waals surface area contributed by atoms with Crippen LogP contribution in [0, 0.1) is 0 Å². The molecule has 0 bridgehead atoms. The molecule has 1 aromatic carbocycles. The van der Waals surface area contributed by atoms with Crippen LogP contribution in [-0.2, 0) is 5.41 Å². The Morgan fingerprint density at radius 1 is 1.25 bits per heavy atom. The summed E-state index contributed by atoms with van der Waals surface area (Å²) in [5.74, 6) is 0. The number of nitrogens with two attached hydrogens (primary N) is 1. The van der Waals surface area contributed by atoms with Gasteiger partial charge in [-0.3, -0.25) is 0 Å². The zero-order valence-corrected chi connectivity index (χ0v) is 11.6. The molecule has 0 aromatic heterocycles. The van der Waals surface area contributed by atoms with Gasteiger partial charge in [0.15, 0.2) is 0 Å². The van der Waals surface area contributed by atoms with Crippen LogP contribution in [0.4, 0.5) is 0 Å². The minimum Gasteiger partial charge on any atom is -0.330 e. The molecule has 0 atom stereocenters. The molecule has 1 aromatic rings. The number of benzene rings is 1. The van der Waals surface area contributed by atoms with E-state index in [1.165, 1.54) is 24.8 Å². The van der Waals surface area contributed by atoms with E-state index in [4.69, 9.17) is 17.3 Å². The molecule has 2 N–H and O–H groups in total. The topological polar surface area (TPSA) is 26.0 Å². The van der Waals surface area contributed by atoms with Gasteiger partial charge in [-0.1, -0.05) is 52.9 Å². The van der Waals surface area contributed by atoms with Crippen LogP contribution in [0.3, 0.4) is 0 Å². The van der Waals surface area contributed by atoms with Crippen molar-refractivity contribution in [2.45, 2.75) is 37.5 Å². The molecule has 3 heteroatoms. The molecule has 88 valence electrons. The van der Waals surface area contributed by atoms with Gasteiger partial charge in [-0.25, -0.2) is 0 Å². The third kappa shape index (κ3) is 2.15. The predicted molar refractivity (Wildman–Crippen MR) is 73.0 cm³/mol. The Morgan fingerprint density at radius 3 is 2.50 bits per heavy atom. The van der Waals surface area contributed by atoms with Crippen LogP contribution < -0.4 is 5.73 Å². The lowest BCUT2D eigenvalue weighted by Gasteiger charge is -2.38. The second kappa shape index (κ2) is 5.07. The Hall–Kier alpha value is -0.0500. The zero-order valence-electron chi connectivity index (χ0n) is 9.31. The summed E-state index contributed by atoms with van der Waals surface area (Å²) in [5, 5.41) is 0.849. The lowest BCUT2D eigenvalue weighted by molar-refractivity contribution is 0.300. The van der Waals surface area contributed by atoms with E-state index in [1.807, 2.05) is 12.1 Å². The maximum atomic E-state index is 6.35. The first kappa shape index (κ1) is 12.4. The van der Waals surface area contributed by atoms with Gasteiger partial charge >= 0.3 is 0 Å². The molecule has 0 saturated heterocycles. The van der Waals surface area contributed by atoms with Crippen LogP contribution >= 0.6 is 27.5 Å². The van der Waals surface area contributed by atoms with Gasteiger partial charge in [0.25, 0.3) is 0 Å². The first-order chi connectivity index (χ1) is 7.69. The van der Waals surface area contributed by atoms with Crippen LogP contribution in [0.2, 0.25) is 5.02 Å². The fourth-order valence-electron chi connectivity index (χ4n) is 2.79. The quantitative estimate of drug-likeness (QED) is 0.868. The van der Waals surface area contributed by atoms with Gasteiger partial charge in [-0.05, 0) is 30.5 Å². The van der Waals surface area contributed by atoms with Gasteiger partial charge in [-0.15, -0.1) is 0 Å². The van der Waals surface area contributed by atoms with Crippen molar-refractivity contribution in [1.29, 1.82) is 0 Å². The molecule has 1 fully saturated rings. The third-order valence-corrected chi connectivity index (χ3v) is 4.67. The van der Waals surface area contributed by atoms with Crippen molar-refractivity contribution in [1.82, 2.24) is 0 Å². The van der Waals surface area contributed by atoms with E-state index in [0.29, 0.717) is 6.54 Å². The first-order valence-corrected chi connectivity index (χ1v) is 7.01. The molecule has 2 rings (SSSR count). The van der Waals surface area contributed by atoms with Crippen molar-refractivity contribution in [3.05, 3.63) is 33.3 Å². The summed E-state index contributed by atoms with van der Waals surface area (Å²) in [6.07, 6.45) is 6.16.